The van der Waals surface area contributed by atoms with E-state index in [4.69, 9.17) is 14.2 Å². The normalized spacial score (nSPS) is 12.3. The number of hydrogen-bond donors (Lipinski definition) is 0. The number of ether oxygens (including phenoxy) is 3. The van der Waals surface area contributed by atoms with E-state index in [1.165, 1.54) is 270 Å². The van der Waals surface area contributed by atoms with E-state index in [1.807, 2.05) is 0 Å². The van der Waals surface area contributed by atoms with Crippen molar-refractivity contribution >= 4 is 17.9 Å². The van der Waals surface area contributed by atoms with Crippen molar-refractivity contribution in [3.05, 3.63) is 48.6 Å². The van der Waals surface area contributed by atoms with Crippen LogP contribution in [0.15, 0.2) is 48.6 Å². The maximum atomic E-state index is 13.0. The Morgan fingerprint density at radius 3 is 0.713 bits per heavy atom. The Morgan fingerprint density at radius 2 is 0.450 bits per heavy atom. The van der Waals surface area contributed by atoms with E-state index in [1.54, 1.807) is 0 Å². The van der Waals surface area contributed by atoms with Crippen LogP contribution in [-0.4, -0.2) is 37.2 Å². The zero-order valence-corrected chi connectivity index (χ0v) is 53.9. The smallest absolute Gasteiger partial charge is 0.306 e. The Hall–Kier alpha value is -2.63. The molecule has 6 heteroatoms. The molecule has 0 N–H and O–H groups in total. The molecule has 0 aliphatic heterocycles. The first-order valence-electron chi connectivity index (χ1n) is 35.6. The number of carbonyl (C=O) groups is 3. The van der Waals surface area contributed by atoms with Gasteiger partial charge in [0.2, 0.25) is 0 Å². The summed E-state index contributed by atoms with van der Waals surface area (Å²) in [4.78, 5) is 38.5. The largest absolute Gasteiger partial charge is 0.462 e. The van der Waals surface area contributed by atoms with Gasteiger partial charge in [-0.1, -0.05) is 333 Å². The molecular weight excluding hydrogens is 985 g/mol. The molecule has 6 nitrogen and oxygen atoms in total. The van der Waals surface area contributed by atoms with Gasteiger partial charge in [-0.2, -0.15) is 0 Å². The van der Waals surface area contributed by atoms with Crippen LogP contribution in [0.1, 0.15) is 387 Å². The van der Waals surface area contributed by atoms with Gasteiger partial charge in [-0.25, -0.2) is 0 Å². The minimum Gasteiger partial charge on any atom is -0.462 e. The van der Waals surface area contributed by atoms with Gasteiger partial charge in [-0.05, 0) is 83.5 Å². The molecule has 0 heterocycles. The summed E-state index contributed by atoms with van der Waals surface area (Å²) in [6.07, 6.45) is 87.0. The standard InChI is InChI=1S/C74H136O6/c1-4-7-10-13-16-19-22-25-28-31-33-35-36-37-38-40-41-43-46-49-52-55-58-61-64-67-73(76)79-70-71(69-78-72(75)66-63-60-57-54-51-48-45-30-27-24-21-18-15-12-9-6-3)80-74(77)68-65-62-59-56-53-50-47-44-42-39-34-32-29-26-23-20-17-14-11-8-5-2/h22,25,30-31,33,36-37,45,71H,4-21,23-24,26-29,32,34-35,38-44,46-70H2,1-3H3/b25-22-,33-31-,37-36-,45-30-. The van der Waals surface area contributed by atoms with Gasteiger partial charge in [-0.3, -0.25) is 14.4 Å². The Kier molecular flexibility index (Phi) is 66.6. The predicted octanol–water partition coefficient (Wildman–Crippen LogP) is 24.5. The van der Waals surface area contributed by atoms with Crippen molar-refractivity contribution < 1.29 is 28.6 Å². The third-order valence-electron chi connectivity index (χ3n) is 16.1. The van der Waals surface area contributed by atoms with Gasteiger partial charge in [0.15, 0.2) is 6.10 Å². The quantitative estimate of drug-likeness (QED) is 0.0261. The van der Waals surface area contributed by atoms with Crippen molar-refractivity contribution in [1.82, 2.24) is 0 Å². The van der Waals surface area contributed by atoms with E-state index in [-0.39, 0.29) is 31.1 Å². The lowest BCUT2D eigenvalue weighted by Crippen LogP contribution is -2.30. The van der Waals surface area contributed by atoms with Gasteiger partial charge in [0.25, 0.3) is 0 Å². The average molecular weight is 1120 g/mol. The first-order valence-corrected chi connectivity index (χ1v) is 35.6. The van der Waals surface area contributed by atoms with E-state index in [0.717, 1.165) is 77.0 Å². The van der Waals surface area contributed by atoms with Crippen molar-refractivity contribution in [3.63, 3.8) is 0 Å². The topological polar surface area (TPSA) is 78.9 Å². The van der Waals surface area contributed by atoms with Crippen LogP contribution in [-0.2, 0) is 28.6 Å². The molecule has 468 valence electrons. The van der Waals surface area contributed by atoms with Gasteiger partial charge < -0.3 is 14.2 Å². The van der Waals surface area contributed by atoms with Gasteiger partial charge in [-0.15, -0.1) is 0 Å². The molecule has 0 spiro atoms. The van der Waals surface area contributed by atoms with Crippen LogP contribution >= 0.6 is 0 Å². The maximum absolute atomic E-state index is 13.0. The molecule has 1 unspecified atom stereocenters. The van der Waals surface area contributed by atoms with Crippen LogP contribution in [0.3, 0.4) is 0 Å². The lowest BCUT2D eigenvalue weighted by molar-refractivity contribution is -0.167. The van der Waals surface area contributed by atoms with Crippen LogP contribution in [0.25, 0.3) is 0 Å². The zero-order chi connectivity index (χ0) is 57.8. The summed E-state index contributed by atoms with van der Waals surface area (Å²) >= 11 is 0. The number of rotatable bonds is 66. The predicted molar refractivity (Wildman–Crippen MR) is 349 cm³/mol. The van der Waals surface area contributed by atoms with E-state index in [0.29, 0.717) is 19.3 Å². The summed E-state index contributed by atoms with van der Waals surface area (Å²) in [5.74, 6) is -0.858. The van der Waals surface area contributed by atoms with Gasteiger partial charge in [0, 0.05) is 19.3 Å². The van der Waals surface area contributed by atoms with E-state index >= 15 is 0 Å². The second kappa shape index (κ2) is 68.9. The van der Waals surface area contributed by atoms with Crippen LogP contribution < -0.4 is 0 Å². The van der Waals surface area contributed by atoms with E-state index in [2.05, 4.69) is 69.4 Å². The highest BCUT2D eigenvalue weighted by atomic mass is 16.6. The Morgan fingerprint density at radius 1 is 0.250 bits per heavy atom. The van der Waals surface area contributed by atoms with Crippen LogP contribution in [0, 0.1) is 0 Å². The fraction of sp³-hybridized carbons (Fsp3) is 0.851. The van der Waals surface area contributed by atoms with Crippen molar-refractivity contribution in [2.75, 3.05) is 13.2 Å². The third-order valence-corrected chi connectivity index (χ3v) is 16.1. The molecule has 0 rings (SSSR count). The average Bonchev–Trinajstić information content (AvgIpc) is 3.46. The van der Waals surface area contributed by atoms with Gasteiger partial charge >= 0.3 is 17.9 Å². The molecule has 0 saturated heterocycles. The van der Waals surface area contributed by atoms with Crippen LogP contribution in [0.5, 0.6) is 0 Å². The molecule has 0 aliphatic rings. The molecule has 1 atom stereocenters. The van der Waals surface area contributed by atoms with Crippen molar-refractivity contribution in [1.29, 1.82) is 0 Å². The third kappa shape index (κ3) is 66.2. The molecule has 0 radical (unpaired) electrons. The summed E-state index contributed by atoms with van der Waals surface area (Å²) in [5, 5.41) is 0. The monoisotopic (exact) mass is 1120 g/mol. The summed E-state index contributed by atoms with van der Waals surface area (Å²) in [6.45, 7) is 6.69. The van der Waals surface area contributed by atoms with E-state index in [9.17, 15) is 14.4 Å². The molecule has 0 aromatic carbocycles. The minimum absolute atomic E-state index is 0.0737. The number of unbranched alkanes of at least 4 members (excludes halogenated alkanes) is 47. The zero-order valence-electron chi connectivity index (χ0n) is 53.9. The van der Waals surface area contributed by atoms with Crippen molar-refractivity contribution in [2.24, 2.45) is 0 Å². The molecule has 80 heavy (non-hydrogen) atoms. The number of esters is 3. The summed E-state index contributed by atoms with van der Waals surface area (Å²) < 4.78 is 17.0. The van der Waals surface area contributed by atoms with Crippen molar-refractivity contribution in [3.8, 4) is 0 Å². The van der Waals surface area contributed by atoms with Crippen molar-refractivity contribution in [2.45, 2.75) is 393 Å². The Labute approximate surface area is 498 Å². The summed E-state index contributed by atoms with van der Waals surface area (Å²) in [6, 6.07) is 0. The Balaban J connectivity index is 4.31. The molecule has 0 saturated carbocycles. The Bertz CT molecular complexity index is 1380. The molecule has 0 aliphatic carbocycles. The SMILES string of the molecule is CCCCCCC/C=C\C/C=C\C/C=C\CCCCCCCCCCCCC(=O)OCC(COC(=O)CCCCCCC/C=C\CCCCCCCCC)OC(=O)CCCCCCCCCCCCCCCCCCCCCCC. The minimum atomic E-state index is -0.778. The molecule has 0 bridgehead atoms. The maximum Gasteiger partial charge on any atom is 0.306 e. The second-order valence-electron chi connectivity index (χ2n) is 24.1. The highest BCUT2D eigenvalue weighted by Gasteiger charge is 2.19. The first-order chi connectivity index (χ1) is 39.5. The number of carbonyl (C=O) groups excluding carboxylic acids is 3. The molecule has 0 aromatic heterocycles. The fourth-order valence-corrected chi connectivity index (χ4v) is 10.7. The first kappa shape index (κ1) is 77.4. The summed E-state index contributed by atoms with van der Waals surface area (Å²) in [5.41, 5.74) is 0. The molecule has 0 fully saturated rings. The van der Waals surface area contributed by atoms with Gasteiger partial charge in [0.1, 0.15) is 13.2 Å². The fourth-order valence-electron chi connectivity index (χ4n) is 10.7. The van der Waals surface area contributed by atoms with E-state index < -0.39 is 6.10 Å². The summed E-state index contributed by atoms with van der Waals surface area (Å²) in [7, 11) is 0. The number of hydrogen-bond acceptors (Lipinski definition) is 6. The molecule has 0 aromatic rings. The van der Waals surface area contributed by atoms with Gasteiger partial charge in [0.05, 0.1) is 0 Å². The lowest BCUT2D eigenvalue weighted by atomic mass is 10.0. The lowest BCUT2D eigenvalue weighted by Gasteiger charge is -2.18. The molecule has 0 amide bonds. The second-order valence-corrected chi connectivity index (χ2v) is 24.1. The highest BCUT2D eigenvalue weighted by molar-refractivity contribution is 5.71. The van der Waals surface area contributed by atoms with Crippen LogP contribution in [0.4, 0.5) is 0 Å². The molecular formula is C74H136O6. The number of allylic oxidation sites excluding steroid dienone is 8. The highest BCUT2D eigenvalue weighted by Crippen LogP contribution is 2.18. The van der Waals surface area contributed by atoms with Crippen LogP contribution in [0.2, 0.25) is 0 Å².